The van der Waals surface area contributed by atoms with Gasteiger partial charge >= 0.3 is 0 Å². The predicted octanol–water partition coefficient (Wildman–Crippen LogP) is 3.12. The van der Waals surface area contributed by atoms with Crippen LogP contribution in [0.25, 0.3) is 0 Å². The summed E-state index contributed by atoms with van der Waals surface area (Å²) in [5, 5.41) is 3.39. The Labute approximate surface area is 131 Å². The van der Waals surface area contributed by atoms with Gasteiger partial charge in [-0.2, -0.15) is 0 Å². The third-order valence-electron chi connectivity index (χ3n) is 3.24. The zero-order valence-electron chi connectivity index (χ0n) is 11.2. The lowest BCUT2D eigenvalue weighted by atomic mass is 10.1. The fourth-order valence-corrected chi connectivity index (χ4v) is 3.16. The summed E-state index contributed by atoms with van der Waals surface area (Å²) in [6.45, 7) is 2.37. The first-order valence-corrected chi connectivity index (χ1v) is 7.75. The molecule has 20 heavy (non-hydrogen) atoms. The average Bonchev–Trinajstić information content (AvgIpc) is 2.52. The van der Waals surface area contributed by atoms with Gasteiger partial charge < -0.3 is 10.2 Å². The van der Waals surface area contributed by atoms with Crippen molar-refractivity contribution >= 4 is 45.0 Å². The highest BCUT2D eigenvalue weighted by Gasteiger charge is 2.30. The minimum Gasteiger partial charge on any atom is -0.344 e. The summed E-state index contributed by atoms with van der Waals surface area (Å²) in [5.41, 5.74) is 0.747. The van der Waals surface area contributed by atoms with Crippen molar-refractivity contribution in [2.45, 2.75) is 32.2 Å². The first-order valence-electron chi connectivity index (χ1n) is 6.58. The summed E-state index contributed by atoms with van der Waals surface area (Å²) in [5.74, 6) is -0.148. The normalized spacial score (nSPS) is 19.8. The van der Waals surface area contributed by atoms with Crippen LogP contribution in [0.1, 0.15) is 26.2 Å². The van der Waals surface area contributed by atoms with E-state index < -0.39 is 6.04 Å². The highest BCUT2D eigenvalue weighted by atomic mass is 79.9. The summed E-state index contributed by atoms with van der Waals surface area (Å²) in [7, 11) is 0. The molecule has 1 unspecified atom stereocenters. The van der Waals surface area contributed by atoms with Crippen molar-refractivity contribution in [3.05, 3.63) is 27.7 Å². The molecule has 2 amide bonds. The third kappa shape index (κ3) is 3.33. The number of halogens is 2. The molecule has 1 fully saturated rings. The second-order valence-electron chi connectivity index (χ2n) is 4.74. The molecule has 0 aliphatic carbocycles. The van der Waals surface area contributed by atoms with Gasteiger partial charge in [0.1, 0.15) is 6.04 Å². The van der Waals surface area contributed by atoms with Crippen LogP contribution in [0.5, 0.6) is 0 Å². The molecule has 108 valence electrons. The van der Waals surface area contributed by atoms with Gasteiger partial charge in [-0.1, -0.05) is 24.9 Å². The van der Waals surface area contributed by atoms with Gasteiger partial charge in [0.15, 0.2) is 0 Å². The smallest absolute Gasteiger partial charge is 0.249 e. The highest BCUT2D eigenvalue weighted by Crippen LogP contribution is 2.30. The van der Waals surface area contributed by atoms with Crippen LogP contribution in [-0.4, -0.2) is 24.4 Å². The summed E-state index contributed by atoms with van der Waals surface area (Å²) < 4.78 is 0.753. The van der Waals surface area contributed by atoms with Gasteiger partial charge in [-0.05, 0) is 40.5 Å². The van der Waals surface area contributed by atoms with Crippen LogP contribution < -0.4 is 10.2 Å². The zero-order valence-corrected chi connectivity index (χ0v) is 13.5. The van der Waals surface area contributed by atoms with E-state index in [9.17, 15) is 9.59 Å². The topological polar surface area (TPSA) is 49.4 Å². The molecular formula is C14H16BrClN2O2. The van der Waals surface area contributed by atoms with E-state index in [2.05, 4.69) is 21.2 Å². The summed E-state index contributed by atoms with van der Waals surface area (Å²) in [6.07, 6.45) is 1.79. The minimum atomic E-state index is -0.447. The van der Waals surface area contributed by atoms with E-state index >= 15 is 0 Å². The molecular weight excluding hydrogens is 344 g/mol. The van der Waals surface area contributed by atoms with Gasteiger partial charge in [0.2, 0.25) is 11.8 Å². The Morgan fingerprint density at radius 3 is 2.85 bits per heavy atom. The average molecular weight is 360 g/mol. The van der Waals surface area contributed by atoms with Gasteiger partial charge in [-0.3, -0.25) is 9.59 Å². The maximum absolute atomic E-state index is 12.6. The first-order chi connectivity index (χ1) is 9.52. The maximum Gasteiger partial charge on any atom is 0.249 e. The molecule has 1 saturated heterocycles. The quantitative estimate of drug-likeness (QED) is 0.901. The summed E-state index contributed by atoms with van der Waals surface area (Å²) >= 11 is 9.35. The lowest BCUT2D eigenvalue weighted by Crippen LogP contribution is -2.44. The van der Waals surface area contributed by atoms with Crippen LogP contribution in [0.15, 0.2) is 22.7 Å². The zero-order chi connectivity index (χ0) is 14.7. The molecule has 1 aromatic rings. The Balaban J connectivity index is 2.33. The van der Waals surface area contributed by atoms with E-state index in [1.165, 1.54) is 0 Å². The number of amides is 2. The van der Waals surface area contributed by atoms with E-state index in [1.54, 1.807) is 23.1 Å². The fraction of sp³-hybridized carbons (Fsp3) is 0.429. The molecule has 2 rings (SSSR count). The Morgan fingerprint density at radius 1 is 1.45 bits per heavy atom. The van der Waals surface area contributed by atoms with Crippen molar-refractivity contribution in [1.82, 2.24) is 5.32 Å². The largest absolute Gasteiger partial charge is 0.344 e. The monoisotopic (exact) mass is 358 g/mol. The van der Waals surface area contributed by atoms with Gasteiger partial charge in [-0.25, -0.2) is 0 Å². The molecule has 1 atom stereocenters. The van der Waals surface area contributed by atoms with Crippen molar-refractivity contribution in [1.29, 1.82) is 0 Å². The van der Waals surface area contributed by atoms with E-state index in [4.69, 9.17) is 11.6 Å². The number of hydrogen-bond donors (Lipinski definition) is 1. The molecule has 1 N–H and O–H groups in total. The Bertz CT molecular complexity index is 536. The Hall–Kier alpha value is -1.07. The molecule has 6 heteroatoms. The Morgan fingerprint density at radius 2 is 2.20 bits per heavy atom. The van der Waals surface area contributed by atoms with E-state index in [-0.39, 0.29) is 11.8 Å². The lowest BCUT2D eigenvalue weighted by Gasteiger charge is -2.25. The SMILES string of the molecule is CCCC1NC(=O)CCN(c2ccc(Cl)cc2Br)C1=O. The standard InChI is InChI=1S/C14H16BrClN2O2/c1-2-3-11-14(20)18(7-6-13(19)17-11)12-5-4-9(16)8-10(12)15/h4-5,8,11H,2-3,6-7H2,1H3,(H,17,19). The molecule has 1 heterocycles. The number of carbonyl (C=O) groups is 2. The van der Waals surface area contributed by atoms with Crippen molar-refractivity contribution in [2.75, 3.05) is 11.4 Å². The molecule has 0 bridgehead atoms. The fourth-order valence-electron chi connectivity index (χ4n) is 2.26. The summed E-state index contributed by atoms with van der Waals surface area (Å²) in [4.78, 5) is 25.9. The molecule has 0 radical (unpaired) electrons. The summed E-state index contributed by atoms with van der Waals surface area (Å²) in [6, 6.07) is 4.84. The van der Waals surface area contributed by atoms with Crippen molar-refractivity contribution in [3.8, 4) is 0 Å². The van der Waals surface area contributed by atoms with Crippen LogP contribution in [0.3, 0.4) is 0 Å². The van der Waals surface area contributed by atoms with Crippen LogP contribution in [0.4, 0.5) is 5.69 Å². The number of carbonyl (C=O) groups excluding carboxylic acids is 2. The Kier molecular flexibility index (Phi) is 5.05. The molecule has 0 aromatic heterocycles. The van der Waals surface area contributed by atoms with E-state index in [1.807, 2.05) is 6.92 Å². The van der Waals surface area contributed by atoms with Gasteiger partial charge in [-0.15, -0.1) is 0 Å². The maximum atomic E-state index is 12.6. The molecule has 1 aliphatic heterocycles. The van der Waals surface area contributed by atoms with Gasteiger partial charge in [0, 0.05) is 22.5 Å². The van der Waals surface area contributed by atoms with Crippen LogP contribution in [0.2, 0.25) is 5.02 Å². The highest BCUT2D eigenvalue weighted by molar-refractivity contribution is 9.10. The van der Waals surface area contributed by atoms with Crippen molar-refractivity contribution < 1.29 is 9.59 Å². The van der Waals surface area contributed by atoms with Gasteiger partial charge in [0.25, 0.3) is 0 Å². The van der Waals surface area contributed by atoms with Crippen LogP contribution in [0, 0.1) is 0 Å². The van der Waals surface area contributed by atoms with E-state index in [0.717, 1.165) is 16.6 Å². The van der Waals surface area contributed by atoms with Crippen LogP contribution in [-0.2, 0) is 9.59 Å². The third-order valence-corrected chi connectivity index (χ3v) is 4.11. The number of nitrogens with one attached hydrogen (secondary N) is 1. The number of anilines is 1. The number of rotatable bonds is 3. The second kappa shape index (κ2) is 6.59. The number of benzene rings is 1. The number of nitrogens with zero attached hydrogens (tertiary/aromatic N) is 1. The predicted molar refractivity (Wildman–Crippen MR) is 83.0 cm³/mol. The van der Waals surface area contributed by atoms with E-state index in [0.29, 0.717) is 24.4 Å². The minimum absolute atomic E-state index is 0.0688. The molecule has 0 spiro atoms. The number of hydrogen-bond acceptors (Lipinski definition) is 2. The van der Waals surface area contributed by atoms with Crippen molar-refractivity contribution in [2.24, 2.45) is 0 Å². The van der Waals surface area contributed by atoms with Crippen LogP contribution >= 0.6 is 27.5 Å². The van der Waals surface area contributed by atoms with Gasteiger partial charge in [0.05, 0.1) is 5.69 Å². The molecule has 1 aromatic carbocycles. The molecule has 4 nitrogen and oxygen atoms in total. The van der Waals surface area contributed by atoms with Crippen molar-refractivity contribution in [3.63, 3.8) is 0 Å². The second-order valence-corrected chi connectivity index (χ2v) is 6.04. The lowest BCUT2D eigenvalue weighted by molar-refractivity contribution is -0.125. The molecule has 1 aliphatic rings. The molecule has 0 saturated carbocycles. The first kappa shape index (κ1) is 15.3.